The standard InChI is InChI=1S/C7H11BrO4/c1-11-6(9)3-5(4-8)7(10)12-2/h5H,3-4H2,1-2H3. The number of carbonyl (C=O) groups excluding carboxylic acids is 2. The molecule has 0 N–H and O–H groups in total. The molecule has 0 radical (unpaired) electrons. The van der Waals surface area contributed by atoms with Crippen molar-refractivity contribution in [2.45, 2.75) is 6.42 Å². The molecule has 0 saturated heterocycles. The lowest BCUT2D eigenvalue weighted by Crippen LogP contribution is -2.21. The SMILES string of the molecule is COC(=O)CC(CBr)C(=O)OC. The van der Waals surface area contributed by atoms with Crippen LogP contribution in [0.1, 0.15) is 6.42 Å². The van der Waals surface area contributed by atoms with Crippen molar-refractivity contribution in [2.75, 3.05) is 19.5 Å². The van der Waals surface area contributed by atoms with Crippen LogP contribution in [0.3, 0.4) is 0 Å². The fraction of sp³-hybridized carbons (Fsp3) is 0.714. The summed E-state index contributed by atoms with van der Waals surface area (Å²) in [5.74, 6) is -1.27. The summed E-state index contributed by atoms with van der Waals surface area (Å²) >= 11 is 3.11. The predicted molar refractivity (Wildman–Crippen MR) is 45.9 cm³/mol. The lowest BCUT2D eigenvalue weighted by atomic mass is 10.1. The highest BCUT2D eigenvalue weighted by Gasteiger charge is 2.21. The molecule has 0 spiro atoms. The molecule has 1 atom stereocenters. The maximum Gasteiger partial charge on any atom is 0.310 e. The van der Waals surface area contributed by atoms with E-state index in [4.69, 9.17) is 0 Å². The van der Waals surface area contributed by atoms with Gasteiger partial charge in [-0.3, -0.25) is 9.59 Å². The first-order chi connectivity index (χ1) is 5.65. The third kappa shape index (κ3) is 3.71. The van der Waals surface area contributed by atoms with Crippen molar-refractivity contribution >= 4 is 27.9 Å². The number of hydrogen-bond acceptors (Lipinski definition) is 4. The lowest BCUT2D eigenvalue weighted by molar-refractivity contribution is -0.151. The van der Waals surface area contributed by atoms with E-state index in [2.05, 4.69) is 25.4 Å². The topological polar surface area (TPSA) is 52.6 Å². The van der Waals surface area contributed by atoms with Gasteiger partial charge in [0.25, 0.3) is 0 Å². The normalized spacial score (nSPS) is 11.9. The summed E-state index contributed by atoms with van der Waals surface area (Å²) < 4.78 is 8.88. The van der Waals surface area contributed by atoms with Gasteiger partial charge in [0.2, 0.25) is 0 Å². The average molecular weight is 239 g/mol. The Morgan fingerprint density at radius 2 is 1.92 bits per heavy atom. The number of halogens is 1. The molecule has 0 saturated carbocycles. The van der Waals surface area contributed by atoms with Gasteiger partial charge < -0.3 is 9.47 Å². The summed E-state index contributed by atoms with van der Waals surface area (Å²) in [5.41, 5.74) is 0. The number of hydrogen-bond donors (Lipinski definition) is 0. The van der Waals surface area contributed by atoms with Gasteiger partial charge >= 0.3 is 11.9 Å². The average Bonchev–Trinajstić information content (AvgIpc) is 2.12. The van der Waals surface area contributed by atoms with Crippen molar-refractivity contribution < 1.29 is 19.1 Å². The molecule has 0 bridgehead atoms. The molecule has 0 aliphatic heterocycles. The molecule has 1 unspecified atom stereocenters. The van der Waals surface area contributed by atoms with Gasteiger partial charge in [0, 0.05) is 5.33 Å². The van der Waals surface area contributed by atoms with Crippen LogP contribution >= 0.6 is 15.9 Å². The number of esters is 2. The zero-order chi connectivity index (χ0) is 9.56. The summed E-state index contributed by atoms with van der Waals surface area (Å²) in [5, 5.41) is 0.398. The van der Waals surface area contributed by atoms with Gasteiger partial charge in [0.15, 0.2) is 0 Å². The van der Waals surface area contributed by atoms with Crippen LogP contribution < -0.4 is 0 Å². The fourth-order valence-electron chi connectivity index (χ4n) is 0.652. The minimum atomic E-state index is -0.456. The molecule has 0 amide bonds. The van der Waals surface area contributed by atoms with Crippen molar-refractivity contribution in [2.24, 2.45) is 5.92 Å². The van der Waals surface area contributed by atoms with Crippen LogP contribution in [0.4, 0.5) is 0 Å². The summed E-state index contributed by atoms with van der Waals surface area (Å²) in [6.07, 6.45) is 0.0500. The smallest absolute Gasteiger partial charge is 0.310 e. The van der Waals surface area contributed by atoms with Crippen LogP contribution in [0.15, 0.2) is 0 Å². The number of alkyl halides is 1. The van der Waals surface area contributed by atoms with Crippen molar-refractivity contribution in [1.82, 2.24) is 0 Å². The monoisotopic (exact) mass is 238 g/mol. The van der Waals surface area contributed by atoms with Gasteiger partial charge in [-0.05, 0) is 0 Å². The van der Waals surface area contributed by atoms with Crippen molar-refractivity contribution in [3.05, 3.63) is 0 Å². The Balaban J connectivity index is 3.99. The van der Waals surface area contributed by atoms with Crippen LogP contribution in [0, 0.1) is 5.92 Å². The molecule has 0 heterocycles. The molecule has 0 aliphatic rings. The first-order valence-electron chi connectivity index (χ1n) is 3.36. The highest BCUT2D eigenvalue weighted by molar-refractivity contribution is 9.09. The van der Waals surface area contributed by atoms with E-state index in [0.29, 0.717) is 5.33 Å². The van der Waals surface area contributed by atoms with E-state index in [9.17, 15) is 9.59 Å². The number of rotatable bonds is 4. The van der Waals surface area contributed by atoms with Crippen molar-refractivity contribution in [3.63, 3.8) is 0 Å². The molecule has 0 rings (SSSR count). The number of methoxy groups -OCH3 is 2. The van der Waals surface area contributed by atoms with Gasteiger partial charge in [-0.15, -0.1) is 0 Å². The van der Waals surface area contributed by atoms with Crippen molar-refractivity contribution in [1.29, 1.82) is 0 Å². The maximum atomic E-state index is 10.9. The van der Waals surface area contributed by atoms with Gasteiger partial charge in [0.1, 0.15) is 0 Å². The molecule has 5 heteroatoms. The zero-order valence-corrected chi connectivity index (χ0v) is 8.59. The summed E-state index contributed by atoms with van der Waals surface area (Å²) in [6.45, 7) is 0. The minimum absolute atomic E-state index is 0.0500. The van der Waals surface area contributed by atoms with Crippen LogP contribution in [0.5, 0.6) is 0 Å². The van der Waals surface area contributed by atoms with Crippen LogP contribution in [0.25, 0.3) is 0 Å². The Morgan fingerprint density at radius 3 is 2.25 bits per heavy atom. The van der Waals surface area contributed by atoms with E-state index < -0.39 is 17.9 Å². The molecule has 0 aromatic rings. The molecule has 0 aliphatic carbocycles. The highest BCUT2D eigenvalue weighted by atomic mass is 79.9. The van der Waals surface area contributed by atoms with Crippen LogP contribution in [-0.2, 0) is 19.1 Å². The van der Waals surface area contributed by atoms with E-state index in [1.807, 2.05) is 0 Å². The Hall–Kier alpha value is -0.580. The molecule has 70 valence electrons. The van der Waals surface area contributed by atoms with Crippen LogP contribution in [-0.4, -0.2) is 31.5 Å². The van der Waals surface area contributed by atoms with E-state index in [1.165, 1.54) is 14.2 Å². The summed E-state index contributed by atoms with van der Waals surface area (Å²) in [7, 11) is 2.57. The van der Waals surface area contributed by atoms with E-state index in [0.717, 1.165) is 0 Å². The van der Waals surface area contributed by atoms with Gasteiger partial charge in [0.05, 0.1) is 26.6 Å². The second-order valence-electron chi connectivity index (χ2n) is 2.15. The Labute approximate surface area is 79.3 Å². The fourth-order valence-corrected chi connectivity index (χ4v) is 1.15. The number of ether oxygens (including phenoxy) is 2. The Kier molecular flexibility index (Phi) is 5.70. The minimum Gasteiger partial charge on any atom is -0.469 e. The molecule has 0 fully saturated rings. The van der Waals surface area contributed by atoms with Gasteiger partial charge in [-0.1, -0.05) is 15.9 Å². The van der Waals surface area contributed by atoms with Crippen molar-refractivity contribution in [3.8, 4) is 0 Å². The third-order valence-electron chi connectivity index (χ3n) is 1.36. The van der Waals surface area contributed by atoms with Crippen LogP contribution in [0.2, 0.25) is 0 Å². The molecule has 0 aromatic carbocycles. The van der Waals surface area contributed by atoms with Gasteiger partial charge in [-0.2, -0.15) is 0 Å². The number of carbonyl (C=O) groups is 2. The van der Waals surface area contributed by atoms with E-state index in [-0.39, 0.29) is 6.42 Å². The highest BCUT2D eigenvalue weighted by Crippen LogP contribution is 2.09. The largest absolute Gasteiger partial charge is 0.469 e. The lowest BCUT2D eigenvalue weighted by Gasteiger charge is -2.08. The quantitative estimate of drug-likeness (QED) is 0.536. The third-order valence-corrected chi connectivity index (χ3v) is 2.14. The predicted octanol–water partition coefficient (Wildman–Crippen LogP) is 0.734. The van der Waals surface area contributed by atoms with E-state index >= 15 is 0 Å². The van der Waals surface area contributed by atoms with E-state index in [1.54, 1.807) is 0 Å². The molecular weight excluding hydrogens is 228 g/mol. The van der Waals surface area contributed by atoms with Gasteiger partial charge in [-0.25, -0.2) is 0 Å². The zero-order valence-electron chi connectivity index (χ0n) is 7.00. The molecule has 0 aromatic heterocycles. The summed E-state index contributed by atoms with van der Waals surface area (Å²) in [6, 6.07) is 0. The molecule has 12 heavy (non-hydrogen) atoms. The first kappa shape index (κ1) is 11.4. The second-order valence-corrected chi connectivity index (χ2v) is 2.80. The second kappa shape index (κ2) is 5.99. The molecule has 4 nitrogen and oxygen atoms in total. The Morgan fingerprint density at radius 1 is 1.33 bits per heavy atom. The molecular formula is C7H11BrO4. The first-order valence-corrected chi connectivity index (χ1v) is 4.48. The Bertz CT molecular complexity index is 169. The summed E-state index contributed by atoms with van der Waals surface area (Å²) in [4.78, 5) is 21.7. The maximum absolute atomic E-state index is 10.9.